The molecule has 0 aliphatic carbocycles. The Morgan fingerprint density at radius 2 is 2.04 bits per heavy atom. The number of aromatic nitrogens is 1. The lowest BCUT2D eigenvalue weighted by Crippen LogP contribution is -2.43. The van der Waals surface area contributed by atoms with Crippen molar-refractivity contribution in [2.75, 3.05) is 43.9 Å². The molecule has 0 saturated carbocycles. The minimum Gasteiger partial charge on any atom is -0.464 e. The Hall–Kier alpha value is -3.58. The Bertz CT molecular complexity index is 985. The smallest absolute Gasteiger partial charge is 0.357 e. The molecule has 1 aromatic carbocycles. The van der Waals surface area contributed by atoms with Gasteiger partial charge in [-0.15, -0.1) is 0 Å². The maximum atomic E-state index is 12.3. The summed E-state index contributed by atoms with van der Waals surface area (Å²) in [7, 11) is 1.22. The molecular weight excluding hydrogens is 364 g/mol. The predicted molar refractivity (Wildman–Crippen MR) is 103 cm³/mol. The van der Waals surface area contributed by atoms with Gasteiger partial charge in [0.25, 0.3) is 5.69 Å². The lowest BCUT2D eigenvalue weighted by molar-refractivity contribution is -0.384. The zero-order valence-corrected chi connectivity index (χ0v) is 15.6. The molecule has 3 rings (SSSR count). The van der Waals surface area contributed by atoms with Gasteiger partial charge in [0.05, 0.1) is 29.0 Å². The molecule has 0 amide bonds. The van der Waals surface area contributed by atoms with Crippen molar-refractivity contribution >= 4 is 23.0 Å². The van der Waals surface area contributed by atoms with Crippen LogP contribution in [0, 0.1) is 28.4 Å². The quantitative estimate of drug-likeness (QED) is 0.457. The molecule has 10 heteroatoms. The maximum absolute atomic E-state index is 12.3. The highest BCUT2D eigenvalue weighted by Crippen LogP contribution is 2.35. The molecule has 1 saturated heterocycles. The van der Waals surface area contributed by atoms with Gasteiger partial charge in [-0.1, -0.05) is 0 Å². The van der Waals surface area contributed by atoms with Gasteiger partial charge < -0.3 is 25.3 Å². The van der Waals surface area contributed by atoms with E-state index in [0.717, 1.165) is 0 Å². The number of piperazine rings is 1. The van der Waals surface area contributed by atoms with Gasteiger partial charge in [0.15, 0.2) is 5.69 Å². The van der Waals surface area contributed by atoms with Gasteiger partial charge in [-0.3, -0.25) is 10.1 Å². The van der Waals surface area contributed by atoms with E-state index in [1.165, 1.54) is 23.9 Å². The van der Waals surface area contributed by atoms with Gasteiger partial charge >= 0.3 is 5.97 Å². The number of nitro benzene ring substituents is 1. The minimum atomic E-state index is -0.694. The molecule has 2 heterocycles. The van der Waals surface area contributed by atoms with E-state index < -0.39 is 10.9 Å². The molecule has 1 aromatic heterocycles. The summed E-state index contributed by atoms with van der Waals surface area (Å²) < 4.78 is 6.27. The Kier molecular flexibility index (Phi) is 5.19. The molecule has 3 N–H and O–H groups in total. The van der Waals surface area contributed by atoms with Crippen LogP contribution in [0.1, 0.15) is 21.6 Å². The second-order valence-electron chi connectivity index (χ2n) is 6.40. The minimum absolute atomic E-state index is 0.0100. The fourth-order valence-electron chi connectivity index (χ4n) is 3.34. The number of nitrogens with one attached hydrogen (secondary N) is 1. The number of nitrogen functional groups attached to an aromatic ring is 1. The van der Waals surface area contributed by atoms with Gasteiger partial charge in [-0.05, 0) is 18.6 Å². The highest BCUT2D eigenvalue weighted by atomic mass is 16.6. The first-order chi connectivity index (χ1) is 13.4. The van der Waals surface area contributed by atoms with Gasteiger partial charge in [0.1, 0.15) is 11.8 Å². The second-order valence-corrected chi connectivity index (χ2v) is 6.40. The van der Waals surface area contributed by atoms with Crippen LogP contribution in [0.4, 0.5) is 17.1 Å². The largest absolute Gasteiger partial charge is 0.464 e. The van der Waals surface area contributed by atoms with Crippen LogP contribution in [0.3, 0.4) is 0 Å². The summed E-state index contributed by atoms with van der Waals surface area (Å²) in [5.74, 6) is -0.694. The number of methoxy groups -OCH3 is 1. The van der Waals surface area contributed by atoms with Gasteiger partial charge in [-0.25, -0.2) is 4.79 Å². The normalized spacial score (nSPS) is 13.8. The van der Waals surface area contributed by atoms with Crippen molar-refractivity contribution in [1.29, 1.82) is 5.26 Å². The maximum Gasteiger partial charge on any atom is 0.357 e. The molecule has 146 valence electrons. The van der Waals surface area contributed by atoms with E-state index in [2.05, 4.69) is 5.32 Å². The summed E-state index contributed by atoms with van der Waals surface area (Å²) in [5, 5.41) is 24.1. The van der Waals surface area contributed by atoms with Crippen molar-refractivity contribution in [1.82, 2.24) is 9.88 Å². The monoisotopic (exact) mass is 384 g/mol. The zero-order chi connectivity index (χ0) is 20.4. The number of ether oxygens (including phenoxy) is 1. The van der Waals surface area contributed by atoms with Gasteiger partial charge in [0.2, 0.25) is 0 Å². The number of aryl methyl sites for hydroxylation is 1. The first-order valence-corrected chi connectivity index (χ1v) is 8.63. The van der Waals surface area contributed by atoms with E-state index in [4.69, 9.17) is 10.5 Å². The molecule has 0 unspecified atom stereocenters. The number of benzene rings is 1. The van der Waals surface area contributed by atoms with E-state index in [1.54, 1.807) is 13.0 Å². The molecule has 2 aromatic rings. The fourth-order valence-corrected chi connectivity index (χ4v) is 3.34. The van der Waals surface area contributed by atoms with Crippen LogP contribution in [0.2, 0.25) is 0 Å². The molecule has 0 bridgehead atoms. The third-order valence-electron chi connectivity index (χ3n) is 4.75. The van der Waals surface area contributed by atoms with Crippen LogP contribution < -0.4 is 16.0 Å². The Labute approximate surface area is 161 Å². The van der Waals surface area contributed by atoms with Crippen LogP contribution in [-0.2, 0) is 4.74 Å². The molecular formula is C18H20N6O4. The number of carbonyl (C=O) groups is 1. The number of rotatable bonds is 4. The second kappa shape index (κ2) is 7.58. The summed E-state index contributed by atoms with van der Waals surface area (Å²) in [6.07, 6.45) is 1.44. The summed E-state index contributed by atoms with van der Waals surface area (Å²) in [6, 6.07) is 5.08. The first kappa shape index (κ1) is 19.2. The third kappa shape index (κ3) is 3.23. The molecule has 0 spiro atoms. The average Bonchev–Trinajstić information content (AvgIpc) is 3.03. The number of nitrogens with two attached hydrogens (primary N) is 1. The highest BCUT2D eigenvalue weighted by molar-refractivity contribution is 5.96. The molecule has 1 aliphatic rings. The number of esters is 1. The predicted octanol–water partition coefficient (Wildman–Crippen LogP) is 1.34. The van der Waals surface area contributed by atoms with Crippen LogP contribution >= 0.6 is 0 Å². The van der Waals surface area contributed by atoms with Crippen molar-refractivity contribution in [3.05, 3.63) is 45.3 Å². The Morgan fingerprint density at radius 3 is 2.61 bits per heavy atom. The third-order valence-corrected chi connectivity index (χ3v) is 4.75. The van der Waals surface area contributed by atoms with Gasteiger partial charge in [0, 0.05) is 38.4 Å². The van der Waals surface area contributed by atoms with Crippen LogP contribution in [0.15, 0.2) is 18.3 Å². The van der Waals surface area contributed by atoms with Crippen LogP contribution in [-0.4, -0.2) is 48.7 Å². The first-order valence-electron chi connectivity index (χ1n) is 8.63. The molecule has 0 radical (unpaired) electrons. The topological polar surface area (TPSA) is 139 Å². The number of carbonyl (C=O) groups excluding carboxylic acids is 1. The van der Waals surface area contributed by atoms with E-state index >= 15 is 0 Å². The number of anilines is 2. The van der Waals surface area contributed by atoms with Crippen molar-refractivity contribution in [3.63, 3.8) is 0 Å². The van der Waals surface area contributed by atoms with Crippen molar-refractivity contribution in [2.45, 2.75) is 6.92 Å². The van der Waals surface area contributed by atoms with Gasteiger partial charge in [-0.2, -0.15) is 5.26 Å². The fraction of sp³-hybridized carbons (Fsp3) is 0.333. The van der Waals surface area contributed by atoms with Crippen molar-refractivity contribution in [3.8, 4) is 11.8 Å². The van der Waals surface area contributed by atoms with Crippen molar-refractivity contribution in [2.24, 2.45) is 0 Å². The number of hydrogen-bond donors (Lipinski definition) is 2. The van der Waals surface area contributed by atoms with E-state index in [0.29, 0.717) is 43.1 Å². The van der Waals surface area contributed by atoms with E-state index in [9.17, 15) is 20.2 Å². The molecule has 0 atom stereocenters. The highest BCUT2D eigenvalue weighted by Gasteiger charge is 2.27. The zero-order valence-electron chi connectivity index (χ0n) is 15.6. The molecule has 1 fully saturated rings. The van der Waals surface area contributed by atoms with Crippen LogP contribution in [0.5, 0.6) is 0 Å². The van der Waals surface area contributed by atoms with E-state index in [-0.39, 0.29) is 22.6 Å². The summed E-state index contributed by atoms with van der Waals surface area (Å²) in [6.45, 7) is 4.35. The Morgan fingerprint density at radius 1 is 1.36 bits per heavy atom. The number of nitrogens with zero attached hydrogens (tertiary/aromatic N) is 4. The molecule has 1 aliphatic heterocycles. The molecule has 28 heavy (non-hydrogen) atoms. The number of nitriles is 1. The van der Waals surface area contributed by atoms with E-state index in [1.807, 2.05) is 11.0 Å². The summed E-state index contributed by atoms with van der Waals surface area (Å²) >= 11 is 0. The molecule has 10 nitrogen and oxygen atoms in total. The number of hydrogen-bond acceptors (Lipinski definition) is 8. The lowest BCUT2D eigenvalue weighted by Gasteiger charge is -2.29. The summed E-state index contributed by atoms with van der Waals surface area (Å²) in [4.78, 5) is 25.4. The SMILES string of the molecule is COC(=O)c1c(N)c(C#N)cn1-c1cc(N2CCNCC2)c([N+](=O)[O-])cc1C. The van der Waals surface area contributed by atoms with Crippen LogP contribution in [0.25, 0.3) is 5.69 Å². The average molecular weight is 384 g/mol. The Balaban J connectivity index is 2.24. The standard InChI is InChI=1S/C18H20N6O4/c1-11-7-15(24(26)27)14(22-5-3-21-4-6-22)8-13(11)23-10-12(9-19)16(20)17(23)18(25)28-2/h7-8,10,21H,3-6,20H2,1-2H3. The summed E-state index contributed by atoms with van der Waals surface area (Å²) in [5.41, 5.74) is 7.65. The number of nitro groups is 1. The van der Waals surface area contributed by atoms with Crippen molar-refractivity contribution < 1.29 is 14.5 Å². The lowest BCUT2D eigenvalue weighted by atomic mass is 10.1.